The zero-order chi connectivity index (χ0) is 25.1. The largest absolute Gasteiger partial charge is 0.316 e. The smallest absolute Gasteiger partial charge is 0.138 e. The molecule has 8 aromatic rings. The van der Waals surface area contributed by atoms with Crippen molar-refractivity contribution in [3.8, 4) is 22.8 Å². The van der Waals surface area contributed by atoms with Crippen LogP contribution in [0.2, 0.25) is 0 Å². The van der Waals surface area contributed by atoms with Gasteiger partial charge in [-0.2, -0.15) is 0 Å². The molecule has 0 saturated carbocycles. The lowest BCUT2D eigenvalue weighted by molar-refractivity contribution is 1.08. The van der Waals surface area contributed by atoms with Crippen LogP contribution in [0.3, 0.4) is 0 Å². The quantitative estimate of drug-likeness (QED) is 0.252. The molecule has 0 aliphatic rings. The average Bonchev–Trinajstić information content (AvgIpc) is 3.55. The van der Waals surface area contributed by atoms with Crippen LogP contribution in [0.25, 0.3) is 66.2 Å². The van der Waals surface area contributed by atoms with Gasteiger partial charge in [0.1, 0.15) is 5.82 Å². The average molecular weight is 487 g/mol. The van der Waals surface area contributed by atoms with E-state index in [0.717, 1.165) is 33.8 Å². The van der Waals surface area contributed by atoms with Crippen molar-refractivity contribution in [3.05, 3.63) is 134 Å². The van der Waals surface area contributed by atoms with Crippen molar-refractivity contribution in [2.24, 2.45) is 0 Å². The van der Waals surface area contributed by atoms with E-state index in [4.69, 9.17) is 4.98 Å². The predicted octanol–water partition coefficient (Wildman–Crippen LogP) is 8.34. The fraction of sp³-hybridized carbons (Fsp3) is 0. The van der Waals surface area contributed by atoms with E-state index < -0.39 is 0 Å². The molecule has 4 heteroatoms. The molecule has 0 unspecified atom stereocenters. The number of para-hydroxylation sites is 1. The Morgan fingerprint density at radius 2 is 1.47 bits per heavy atom. The molecule has 0 amide bonds. The van der Waals surface area contributed by atoms with Gasteiger partial charge in [0.15, 0.2) is 0 Å². The number of fused-ring (bicyclic) bond motifs is 6. The third-order valence-electron chi connectivity index (χ3n) is 7.42. The van der Waals surface area contributed by atoms with Gasteiger partial charge in [-0.25, -0.2) is 4.98 Å². The Morgan fingerprint density at radius 1 is 0.579 bits per heavy atom. The molecule has 0 fully saturated rings. The SMILES string of the molecule is c1ccc(-n2ccc3cc4c5c6ccccc6ccc5n(-c5cccc(-c6cccnc6)n5)c4cc32)cc1. The van der Waals surface area contributed by atoms with Crippen LogP contribution in [-0.2, 0) is 0 Å². The summed E-state index contributed by atoms with van der Waals surface area (Å²) in [5, 5.41) is 6.17. The Kier molecular flexibility index (Phi) is 4.49. The number of pyridine rings is 2. The van der Waals surface area contributed by atoms with Crippen LogP contribution >= 0.6 is 0 Å². The monoisotopic (exact) mass is 486 g/mol. The maximum atomic E-state index is 5.13. The van der Waals surface area contributed by atoms with E-state index in [2.05, 4.69) is 123 Å². The highest BCUT2D eigenvalue weighted by atomic mass is 15.1. The van der Waals surface area contributed by atoms with Crippen LogP contribution in [0.1, 0.15) is 0 Å². The zero-order valence-electron chi connectivity index (χ0n) is 20.5. The molecule has 0 aliphatic heterocycles. The number of aromatic nitrogens is 4. The summed E-state index contributed by atoms with van der Waals surface area (Å²) < 4.78 is 4.56. The zero-order valence-corrected chi connectivity index (χ0v) is 20.5. The lowest BCUT2D eigenvalue weighted by atomic mass is 10.0. The Morgan fingerprint density at radius 3 is 2.37 bits per heavy atom. The first-order valence-corrected chi connectivity index (χ1v) is 12.8. The molecule has 178 valence electrons. The molecule has 0 bridgehead atoms. The van der Waals surface area contributed by atoms with Gasteiger partial charge in [-0.05, 0) is 71.4 Å². The molecule has 38 heavy (non-hydrogen) atoms. The first-order valence-electron chi connectivity index (χ1n) is 12.8. The fourth-order valence-corrected chi connectivity index (χ4v) is 5.70. The minimum atomic E-state index is 0.888. The van der Waals surface area contributed by atoms with Gasteiger partial charge >= 0.3 is 0 Å². The number of hydrogen-bond acceptors (Lipinski definition) is 2. The Labute approximate surface area is 219 Å². The van der Waals surface area contributed by atoms with Gasteiger partial charge in [-0.1, -0.05) is 54.6 Å². The molecule has 8 rings (SSSR count). The maximum Gasteiger partial charge on any atom is 0.138 e. The number of hydrogen-bond donors (Lipinski definition) is 0. The second-order valence-corrected chi connectivity index (χ2v) is 9.59. The molecule has 0 saturated heterocycles. The summed E-state index contributed by atoms with van der Waals surface area (Å²) in [5.74, 6) is 0.888. The van der Waals surface area contributed by atoms with Crippen LogP contribution in [0.5, 0.6) is 0 Å². The van der Waals surface area contributed by atoms with Gasteiger partial charge in [0.25, 0.3) is 0 Å². The lowest BCUT2D eigenvalue weighted by Crippen LogP contribution is -1.99. The lowest BCUT2D eigenvalue weighted by Gasteiger charge is -2.10. The molecule has 4 nitrogen and oxygen atoms in total. The van der Waals surface area contributed by atoms with Gasteiger partial charge in [0.05, 0.1) is 22.2 Å². The third-order valence-corrected chi connectivity index (χ3v) is 7.42. The van der Waals surface area contributed by atoms with E-state index in [1.54, 1.807) is 6.20 Å². The van der Waals surface area contributed by atoms with E-state index in [1.807, 2.05) is 18.3 Å². The first kappa shape index (κ1) is 20.9. The summed E-state index contributed by atoms with van der Waals surface area (Å²) in [4.78, 5) is 9.43. The van der Waals surface area contributed by atoms with E-state index in [9.17, 15) is 0 Å². The predicted molar refractivity (Wildman–Crippen MR) is 156 cm³/mol. The van der Waals surface area contributed by atoms with Crippen LogP contribution in [0, 0.1) is 0 Å². The van der Waals surface area contributed by atoms with E-state index in [1.165, 1.54) is 32.4 Å². The molecular weight excluding hydrogens is 464 g/mol. The van der Waals surface area contributed by atoms with Crippen molar-refractivity contribution >= 4 is 43.5 Å². The van der Waals surface area contributed by atoms with E-state index in [0.29, 0.717) is 0 Å². The van der Waals surface area contributed by atoms with Gasteiger partial charge in [-0.3, -0.25) is 9.55 Å². The van der Waals surface area contributed by atoms with Crippen LogP contribution < -0.4 is 0 Å². The van der Waals surface area contributed by atoms with Crippen molar-refractivity contribution in [1.29, 1.82) is 0 Å². The first-order chi connectivity index (χ1) is 18.8. The van der Waals surface area contributed by atoms with Gasteiger partial charge in [0.2, 0.25) is 0 Å². The number of nitrogens with zero attached hydrogens (tertiary/aromatic N) is 4. The molecule has 0 N–H and O–H groups in total. The molecule has 0 aliphatic carbocycles. The highest BCUT2D eigenvalue weighted by molar-refractivity contribution is 6.23. The minimum absolute atomic E-state index is 0.888. The standard InChI is InChI=1S/C34H22N4/c1-2-10-26(11-3-1)37-19-17-24-20-28-32(21-31(24)37)38(30-16-15-23-8-4-5-12-27(23)34(28)30)33-14-6-13-29(36-33)25-9-7-18-35-22-25/h1-22H. The summed E-state index contributed by atoms with van der Waals surface area (Å²) in [7, 11) is 0. The summed E-state index contributed by atoms with van der Waals surface area (Å²) >= 11 is 0. The second kappa shape index (κ2) is 8.15. The Hall–Kier alpha value is -5.22. The van der Waals surface area contributed by atoms with Crippen molar-refractivity contribution in [2.45, 2.75) is 0 Å². The topological polar surface area (TPSA) is 35.6 Å². The molecule has 4 aromatic carbocycles. The van der Waals surface area contributed by atoms with Crippen molar-refractivity contribution in [1.82, 2.24) is 19.1 Å². The van der Waals surface area contributed by atoms with Gasteiger partial charge < -0.3 is 4.57 Å². The molecule has 0 radical (unpaired) electrons. The number of rotatable bonds is 3. The number of benzene rings is 4. The highest BCUT2D eigenvalue weighted by Gasteiger charge is 2.18. The van der Waals surface area contributed by atoms with Crippen molar-refractivity contribution < 1.29 is 0 Å². The van der Waals surface area contributed by atoms with Crippen LogP contribution in [-0.4, -0.2) is 19.1 Å². The molecule has 0 atom stereocenters. The van der Waals surface area contributed by atoms with Crippen LogP contribution in [0.15, 0.2) is 134 Å². The second-order valence-electron chi connectivity index (χ2n) is 9.59. The summed E-state index contributed by atoms with van der Waals surface area (Å²) in [6.45, 7) is 0. The van der Waals surface area contributed by atoms with Crippen molar-refractivity contribution in [2.75, 3.05) is 0 Å². The minimum Gasteiger partial charge on any atom is -0.316 e. The third kappa shape index (κ3) is 3.10. The molecular formula is C34H22N4. The van der Waals surface area contributed by atoms with Gasteiger partial charge in [-0.15, -0.1) is 0 Å². The van der Waals surface area contributed by atoms with E-state index in [-0.39, 0.29) is 0 Å². The Bertz CT molecular complexity index is 2120. The summed E-state index contributed by atoms with van der Waals surface area (Å²) in [5.41, 5.74) is 6.50. The summed E-state index contributed by atoms with van der Waals surface area (Å²) in [6.07, 6.45) is 5.81. The van der Waals surface area contributed by atoms with Gasteiger partial charge in [0, 0.05) is 46.0 Å². The molecule has 4 heterocycles. The summed E-state index contributed by atoms with van der Waals surface area (Å²) in [6, 6.07) is 40.6. The molecule has 4 aromatic heterocycles. The van der Waals surface area contributed by atoms with Crippen molar-refractivity contribution in [3.63, 3.8) is 0 Å². The van der Waals surface area contributed by atoms with Crippen LogP contribution in [0.4, 0.5) is 0 Å². The normalized spacial score (nSPS) is 11.7. The molecule has 0 spiro atoms. The fourth-order valence-electron chi connectivity index (χ4n) is 5.70. The Balaban J connectivity index is 1.49. The van der Waals surface area contributed by atoms with E-state index >= 15 is 0 Å². The maximum absolute atomic E-state index is 5.13. The highest BCUT2D eigenvalue weighted by Crippen LogP contribution is 2.39.